The van der Waals surface area contributed by atoms with E-state index in [1.165, 1.54) is 0 Å². The Balaban J connectivity index is 0. The van der Waals surface area contributed by atoms with E-state index in [1.54, 1.807) is 13.8 Å². The highest BCUT2D eigenvalue weighted by molar-refractivity contribution is 8.44. The fourth-order valence-electron chi connectivity index (χ4n) is 0.364. The fraction of sp³-hybridized carbons (Fsp3) is 1.00. The van der Waals surface area contributed by atoms with Crippen molar-refractivity contribution in [3.8, 4) is 0 Å². The Morgan fingerprint density at radius 3 is 1.80 bits per heavy atom. The Morgan fingerprint density at radius 2 is 1.60 bits per heavy atom. The van der Waals surface area contributed by atoms with Crippen LogP contribution in [0.1, 0.15) is 13.8 Å². The second kappa shape index (κ2) is 6.19. The van der Waals surface area contributed by atoms with Crippen LogP contribution < -0.4 is 6.15 Å². The van der Waals surface area contributed by atoms with Gasteiger partial charge in [-0.1, -0.05) is 12.2 Å². The first kappa shape index (κ1) is 13.1. The highest BCUT2D eigenvalue weighted by atomic mass is 32.7. The third-order valence-corrected chi connectivity index (χ3v) is 2.45. The minimum Gasteiger partial charge on any atom is -0.344 e. The molecule has 0 aliphatic rings. The molecule has 3 N–H and O–H groups in total. The minimum absolute atomic E-state index is 0. The molecule has 10 heavy (non-hydrogen) atoms. The van der Waals surface area contributed by atoms with Crippen molar-refractivity contribution >= 4 is 19.0 Å². The Hall–Kier alpha value is 0.460. The van der Waals surface area contributed by atoms with Crippen molar-refractivity contribution in [2.45, 2.75) is 13.8 Å². The smallest absolute Gasteiger partial charge is 0.344 e. The molecule has 0 bridgehead atoms. The zero-order valence-electron chi connectivity index (χ0n) is 6.24. The lowest BCUT2D eigenvalue weighted by Gasteiger charge is -2.08. The average molecular weight is 187 g/mol. The summed E-state index contributed by atoms with van der Waals surface area (Å²) >= 11 is 3.66. The first-order valence-corrected chi connectivity index (χ1v) is 5.43. The van der Waals surface area contributed by atoms with Crippen molar-refractivity contribution < 1.29 is 13.6 Å². The second-order valence-electron chi connectivity index (χ2n) is 1.30. The summed E-state index contributed by atoms with van der Waals surface area (Å²) in [5.41, 5.74) is 0. The van der Waals surface area contributed by atoms with Crippen molar-refractivity contribution in [1.29, 1.82) is 0 Å². The normalized spacial score (nSPS) is 10.7. The molecule has 0 aromatic carbocycles. The Bertz CT molecular complexity index is 111. The van der Waals surface area contributed by atoms with Gasteiger partial charge < -0.3 is 15.2 Å². The highest BCUT2D eigenvalue weighted by Gasteiger charge is 2.15. The lowest BCUT2D eigenvalue weighted by molar-refractivity contribution is 0.237. The molecule has 64 valence electrons. The maximum absolute atomic E-state index is 10.8. The van der Waals surface area contributed by atoms with Crippen molar-refractivity contribution in [2.24, 2.45) is 0 Å². The van der Waals surface area contributed by atoms with E-state index < -0.39 is 6.80 Å². The van der Waals surface area contributed by atoms with E-state index in [1.807, 2.05) is 0 Å². The topological polar surface area (TPSA) is 70.5 Å². The molecule has 0 aromatic heterocycles. The van der Waals surface area contributed by atoms with Gasteiger partial charge in [-0.05, 0) is 13.8 Å². The van der Waals surface area contributed by atoms with Gasteiger partial charge in [0.15, 0.2) is 0 Å². The largest absolute Gasteiger partial charge is 0.386 e. The summed E-state index contributed by atoms with van der Waals surface area (Å²) in [6.07, 6.45) is 0. The molecule has 0 aliphatic heterocycles. The van der Waals surface area contributed by atoms with Gasteiger partial charge in [-0.3, -0.25) is 0 Å². The Kier molecular flexibility index (Phi) is 8.09. The molecular formula is C4H14NO3PS. The molecule has 0 aliphatic carbocycles. The van der Waals surface area contributed by atoms with Crippen LogP contribution in [0.4, 0.5) is 0 Å². The first-order chi connectivity index (χ1) is 4.12. The molecule has 0 unspecified atom stereocenters. The standard InChI is InChI=1S/C4H11O3PS.H3N/c1-3-6-8(5,9)7-4-2;/h3-4H2,1-2H3,(H,5,9);1H3. The van der Waals surface area contributed by atoms with Gasteiger partial charge in [0.25, 0.3) is 0 Å². The van der Waals surface area contributed by atoms with Crippen molar-refractivity contribution in [1.82, 2.24) is 6.15 Å². The van der Waals surface area contributed by atoms with Crippen LogP contribution in [0.2, 0.25) is 0 Å². The number of hydrogen-bond donors (Lipinski definition) is 2. The molecule has 0 rings (SSSR count). The molecule has 6 heteroatoms. The number of rotatable bonds is 4. The molecule has 0 spiro atoms. The van der Waals surface area contributed by atoms with Crippen LogP contribution in [-0.4, -0.2) is 13.2 Å². The van der Waals surface area contributed by atoms with Gasteiger partial charge in [0.05, 0.1) is 13.2 Å². The van der Waals surface area contributed by atoms with Gasteiger partial charge in [-0.15, -0.1) is 0 Å². The fourth-order valence-corrected chi connectivity index (χ4v) is 1.78. The summed E-state index contributed by atoms with van der Waals surface area (Å²) in [5.74, 6) is 0. The maximum atomic E-state index is 10.8. The van der Waals surface area contributed by atoms with Gasteiger partial charge >= 0.3 is 6.80 Å². The van der Waals surface area contributed by atoms with Crippen molar-refractivity contribution in [3.63, 3.8) is 0 Å². The quantitative estimate of drug-likeness (QED) is 0.523. The molecule has 0 aromatic rings. The molecule has 0 amide bonds. The van der Waals surface area contributed by atoms with E-state index in [-0.39, 0.29) is 6.15 Å². The van der Waals surface area contributed by atoms with E-state index in [0.29, 0.717) is 13.2 Å². The maximum Gasteiger partial charge on any atom is 0.386 e. The van der Waals surface area contributed by atoms with Crippen LogP contribution >= 0.6 is 19.0 Å². The number of hydrogen-bond acceptors (Lipinski definition) is 4. The highest BCUT2D eigenvalue weighted by Crippen LogP contribution is 2.52. The predicted molar refractivity (Wildman–Crippen MR) is 44.9 cm³/mol. The lowest BCUT2D eigenvalue weighted by Crippen LogP contribution is -1.88. The summed E-state index contributed by atoms with van der Waals surface area (Å²) in [6.45, 7) is 1.20. The van der Waals surface area contributed by atoms with Crippen LogP contribution in [0.15, 0.2) is 0 Å². The van der Waals surface area contributed by atoms with E-state index in [9.17, 15) is 4.57 Å². The summed E-state index contributed by atoms with van der Waals surface area (Å²) < 4.78 is 20.2. The first-order valence-electron chi connectivity index (χ1n) is 2.74. The minimum atomic E-state index is -3.00. The predicted octanol–water partition coefficient (Wildman–Crippen LogP) is 2.26. The molecule has 0 saturated carbocycles. The lowest BCUT2D eigenvalue weighted by atomic mass is 10.9. The third kappa shape index (κ3) is 6.58. The summed E-state index contributed by atoms with van der Waals surface area (Å²) in [4.78, 5) is 0. The Morgan fingerprint density at radius 1 is 1.30 bits per heavy atom. The molecule has 0 radical (unpaired) electrons. The zero-order chi connectivity index (χ0) is 7.33. The molecule has 0 fully saturated rings. The van der Waals surface area contributed by atoms with E-state index in [0.717, 1.165) is 0 Å². The van der Waals surface area contributed by atoms with Crippen LogP contribution in [0, 0.1) is 0 Å². The van der Waals surface area contributed by atoms with E-state index >= 15 is 0 Å². The average Bonchev–Trinajstić information content (AvgIpc) is 1.64. The molecular weight excluding hydrogens is 173 g/mol. The zero-order valence-corrected chi connectivity index (χ0v) is 8.03. The molecule has 0 saturated heterocycles. The monoisotopic (exact) mass is 187 g/mol. The molecule has 4 nitrogen and oxygen atoms in total. The SMILES string of the molecule is CCOP(=O)(S)OCC.N. The van der Waals surface area contributed by atoms with Gasteiger partial charge in [0.2, 0.25) is 0 Å². The van der Waals surface area contributed by atoms with Crippen LogP contribution in [-0.2, 0) is 13.6 Å². The molecule has 0 heterocycles. The van der Waals surface area contributed by atoms with Gasteiger partial charge in [-0.25, -0.2) is 4.57 Å². The van der Waals surface area contributed by atoms with Crippen LogP contribution in [0.25, 0.3) is 0 Å². The van der Waals surface area contributed by atoms with Crippen molar-refractivity contribution in [3.05, 3.63) is 0 Å². The second-order valence-corrected chi connectivity index (χ2v) is 4.23. The summed E-state index contributed by atoms with van der Waals surface area (Å²) in [7, 11) is 0. The van der Waals surface area contributed by atoms with Crippen LogP contribution in [0.3, 0.4) is 0 Å². The van der Waals surface area contributed by atoms with Crippen molar-refractivity contribution in [2.75, 3.05) is 13.2 Å². The van der Waals surface area contributed by atoms with E-state index in [2.05, 4.69) is 21.3 Å². The third-order valence-electron chi connectivity index (χ3n) is 0.584. The molecule has 0 atom stereocenters. The van der Waals surface area contributed by atoms with Gasteiger partial charge in [0, 0.05) is 0 Å². The summed E-state index contributed by atoms with van der Waals surface area (Å²) in [5, 5.41) is 0. The van der Waals surface area contributed by atoms with Gasteiger partial charge in [0.1, 0.15) is 0 Å². The Labute approximate surface area is 66.6 Å². The van der Waals surface area contributed by atoms with E-state index in [4.69, 9.17) is 0 Å². The number of thiol groups is 1. The van der Waals surface area contributed by atoms with Crippen LogP contribution in [0.5, 0.6) is 0 Å². The summed E-state index contributed by atoms with van der Waals surface area (Å²) in [6, 6.07) is 0. The van der Waals surface area contributed by atoms with Gasteiger partial charge in [-0.2, -0.15) is 0 Å².